The first-order chi connectivity index (χ1) is 20.4. The van der Waals surface area contributed by atoms with Crippen LogP contribution in [0.25, 0.3) is 0 Å². The molecule has 0 aromatic heterocycles. The monoisotopic (exact) mass is 645 g/mol. The molecule has 1 aliphatic rings. The van der Waals surface area contributed by atoms with Crippen LogP contribution in [-0.4, -0.2) is 37.2 Å². The van der Waals surface area contributed by atoms with Crippen molar-refractivity contribution in [1.29, 1.82) is 0 Å². The summed E-state index contributed by atoms with van der Waals surface area (Å²) in [7, 11) is 1.42. The highest BCUT2D eigenvalue weighted by atomic mass is 79.9. The number of aromatic carboxylic acids is 1. The zero-order chi connectivity index (χ0) is 29.5. The Kier molecular flexibility index (Phi) is 9.71. The molecule has 4 aromatic carbocycles. The third-order valence-electron chi connectivity index (χ3n) is 7.08. The van der Waals surface area contributed by atoms with Crippen molar-refractivity contribution in [2.45, 2.75) is 35.5 Å². The molecule has 1 fully saturated rings. The normalized spacial score (nSPS) is 13.0. The number of methoxy groups -OCH3 is 1. The number of hydrazine groups is 1. The van der Waals surface area contributed by atoms with Gasteiger partial charge in [0.1, 0.15) is 11.3 Å². The van der Waals surface area contributed by atoms with Crippen LogP contribution in [0.15, 0.2) is 105 Å². The number of hydrogen-bond acceptors (Lipinski definition) is 6. The molecule has 42 heavy (non-hydrogen) atoms. The fourth-order valence-electron chi connectivity index (χ4n) is 4.97. The van der Waals surface area contributed by atoms with Crippen molar-refractivity contribution in [2.75, 3.05) is 35.5 Å². The van der Waals surface area contributed by atoms with Gasteiger partial charge in [-0.3, -0.25) is 10.2 Å². The molecule has 1 aliphatic heterocycles. The summed E-state index contributed by atoms with van der Waals surface area (Å²) in [6.45, 7) is 1.87. The van der Waals surface area contributed by atoms with Gasteiger partial charge in [-0.15, -0.1) is 0 Å². The zero-order valence-electron chi connectivity index (χ0n) is 23.3. The van der Waals surface area contributed by atoms with E-state index in [-0.39, 0.29) is 23.6 Å². The number of piperidine rings is 1. The largest absolute Gasteiger partial charge is 0.496 e. The Labute approximate surface area is 258 Å². The second kappa shape index (κ2) is 13.8. The van der Waals surface area contributed by atoms with E-state index in [2.05, 4.69) is 44.5 Å². The van der Waals surface area contributed by atoms with Gasteiger partial charge in [-0.05, 0) is 85.5 Å². The standard InChI is InChI=1S/C33H32BrN3O4S/c1-41-31-20-23(28(34)22-27(31)33(39)40)21-32(38)37(30-13-7-6-12-29(30)36-18-8-3-9-19-36)35-24-14-16-26(17-15-24)42-25-10-4-2-5-11-25/h2,4-7,10-17,20,22,35H,3,8-9,18-19,21H2,1H3,(H,39,40). The smallest absolute Gasteiger partial charge is 0.339 e. The maximum atomic E-state index is 14.1. The molecule has 5 rings (SSSR count). The molecule has 0 unspecified atom stereocenters. The molecule has 216 valence electrons. The van der Waals surface area contributed by atoms with Crippen LogP contribution in [0.4, 0.5) is 17.1 Å². The van der Waals surface area contributed by atoms with E-state index in [1.807, 2.05) is 60.7 Å². The zero-order valence-corrected chi connectivity index (χ0v) is 25.7. The molecule has 0 spiro atoms. The number of ether oxygens (including phenoxy) is 1. The third-order valence-corrected chi connectivity index (χ3v) is 8.84. The lowest BCUT2D eigenvalue weighted by Crippen LogP contribution is -2.39. The Morgan fingerprint density at radius 1 is 0.929 bits per heavy atom. The molecule has 9 heteroatoms. The summed E-state index contributed by atoms with van der Waals surface area (Å²) < 4.78 is 5.85. The number of hydrogen-bond donors (Lipinski definition) is 2. The lowest BCUT2D eigenvalue weighted by atomic mass is 10.1. The number of carbonyl (C=O) groups excluding carboxylic acids is 1. The minimum absolute atomic E-state index is 0.0140. The number of carbonyl (C=O) groups is 2. The summed E-state index contributed by atoms with van der Waals surface area (Å²) >= 11 is 5.15. The number of nitrogens with zero attached hydrogens (tertiary/aromatic N) is 2. The van der Waals surface area contributed by atoms with E-state index >= 15 is 0 Å². The van der Waals surface area contributed by atoms with Gasteiger partial charge in [-0.25, -0.2) is 9.80 Å². The summed E-state index contributed by atoms with van der Waals surface area (Å²) in [4.78, 5) is 30.4. The van der Waals surface area contributed by atoms with Crippen molar-refractivity contribution < 1.29 is 19.4 Å². The molecule has 1 saturated heterocycles. The van der Waals surface area contributed by atoms with Crippen molar-refractivity contribution in [2.24, 2.45) is 0 Å². The first kappa shape index (κ1) is 29.5. The number of halogens is 1. The van der Waals surface area contributed by atoms with Gasteiger partial charge in [0, 0.05) is 27.4 Å². The maximum absolute atomic E-state index is 14.1. The third kappa shape index (κ3) is 7.09. The van der Waals surface area contributed by atoms with Gasteiger partial charge in [0.05, 0.1) is 30.6 Å². The quantitative estimate of drug-likeness (QED) is 0.170. The predicted molar refractivity (Wildman–Crippen MR) is 172 cm³/mol. The van der Waals surface area contributed by atoms with Crippen molar-refractivity contribution in [3.8, 4) is 5.75 Å². The lowest BCUT2D eigenvalue weighted by Gasteiger charge is -2.34. The van der Waals surface area contributed by atoms with Gasteiger partial charge in [0.25, 0.3) is 0 Å². The first-order valence-electron chi connectivity index (χ1n) is 13.8. The maximum Gasteiger partial charge on any atom is 0.339 e. The SMILES string of the molecule is COc1cc(CC(=O)N(Nc2ccc(Sc3ccccc3)cc2)c2ccccc2N2CCCCC2)c(Br)cc1C(=O)O. The topological polar surface area (TPSA) is 82.1 Å². The Balaban J connectivity index is 1.46. The van der Waals surface area contributed by atoms with E-state index in [0.29, 0.717) is 10.0 Å². The lowest BCUT2D eigenvalue weighted by molar-refractivity contribution is -0.117. The van der Waals surface area contributed by atoms with Crippen LogP contribution in [0.5, 0.6) is 5.75 Å². The van der Waals surface area contributed by atoms with Gasteiger partial charge in [-0.1, -0.05) is 58.0 Å². The van der Waals surface area contributed by atoms with E-state index in [1.54, 1.807) is 22.8 Å². The van der Waals surface area contributed by atoms with Gasteiger partial charge in [0.2, 0.25) is 5.91 Å². The molecule has 0 aliphatic carbocycles. The number of rotatable bonds is 10. The van der Waals surface area contributed by atoms with Crippen molar-refractivity contribution >= 4 is 56.6 Å². The summed E-state index contributed by atoms with van der Waals surface area (Å²) in [6.07, 6.45) is 3.44. The molecule has 1 heterocycles. The summed E-state index contributed by atoms with van der Waals surface area (Å²) in [5.74, 6) is -1.10. The number of carboxylic acids is 1. The van der Waals surface area contributed by atoms with Crippen LogP contribution >= 0.6 is 27.7 Å². The van der Waals surface area contributed by atoms with Crippen molar-refractivity contribution in [3.05, 3.63) is 107 Å². The molecular weight excluding hydrogens is 614 g/mol. The number of nitrogens with one attached hydrogen (secondary N) is 1. The van der Waals surface area contributed by atoms with Crippen LogP contribution in [-0.2, 0) is 11.2 Å². The summed E-state index contributed by atoms with van der Waals surface area (Å²) in [5.41, 5.74) is 6.55. The minimum Gasteiger partial charge on any atom is -0.496 e. The Morgan fingerprint density at radius 2 is 1.60 bits per heavy atom. The number of anilines is 3. The Morgan fingerprint density at radius 3 is 2.29 bits per heavy atom. The number of para-hydroxylation sites is 2. The predicted octanol–water partition coefficient (Wildman–Crippen LogP) is 7.90. The second-order valence-corrected chi connectivity index (χ2v) is 11.9. The summed E-state index contributed by atoms with van der Waals surface area (Å²) in [5, 5.41) is 11.2. The van der Waals surface area contributed by atoms with Crippen LogP contribution in [0.3, 0.4) is 0 Å². The Bertz CT molecular complexity index is 1540. The van der Waals surface area contributed by atoms with Crippen LogP contribution in [0.2, 0.25) is 0 Å². The van der Waals surface area contributed by atoms with Crippen molar-refractivity contribution in [1.82, 2.24) is 0 Å². The molecule has 4 aromatic rings. The highest BCUT2D eigenvalue weighted by molar-refractivity contribution is 9.10. The minimum atomic E-state index is -1.10. The molecule has 1 amide bonds. The summed E-state index contributed by atoms with van der Waals surface area (Å²) in [6, 6.07) is 29.2. The van der Waals surface area contributed by atoms with E-state index in [1.165, 1.54) is 19.6 Å². The highest BCUT2D eigenvalue weighted by Gasteiger charge is 2.25. The molecular formula is C33H32BrN3O4S. The highest BCUT2D eigenvalue weighted by Crippen LogP contribution is 2.34. The average molecular weight is 647 g/mol. The number of amides is 1. The van der Waals surface area contributed by atoms with E-state index in [4.69, 9.17) is 4.74 Å². The van der Waals surface area contributed by atoms with Gasteiger partial charge in [-0.2, -0.15) is 0 Å². The van der Waals surface area contributed by atoms with Crippen LogP contribution in [0, 0.1) is 0 Å². The van der Waals surface area contributed by atoms with Crippen LogP contribution < -0.4 is 20.1 Å². The number of carboxylic acid groups (broad SMARTS) is 1. The average Bonchev–Trinajstić information content (AvgIpc) is 3.02. The van der Waals surface area contributed by atoms with E-state index in [9.17, 15) is 14.7 Å². The number of benzene rings is 4. The molecule has 0 bridgehead atoms. The molecule has 0 radical (unpaired) electrons. The van der Waals surface area contributed by atoms with E-state index in [0.717, 1.165) is 52.8 Å². The van der Waals surface area contributed by atoms with Gasteiger partial charge >= 0.3 is 5.97 Å². The fraction of sp³-hybridized carbons (Fsp3) is 0.212. The van der Waals surface area contributed by atoms with Gasteiger partial charge in [0.15, 0.2) is 0 Å². The van der Waals surface area contributed by atoms with Gasteiger partial charge < -0.3 is 14.7 Å². The molecule has 2 N–H and O–H groups in total. The van der Waals surface area contributed by atoms with E-state index < -0.39 is 5.97 Å². The molecule has 0 saturated carbocycles. The molecule has 7 nitrogen and oxygen atoms in total. The Hall–Kier alpha value is -3.95. The van der Waals surface area contributed by atoms with Crippen molar-refractivity contribution in [3.63, 3.8) is 0 Å². The van der Waals surface area contributed by atoms with Crippen LogP contribution in [0.1, 0.15) is 35.2 Å². The fourth-order valence-corrected chi connectivity index (χ4v) is 6.29. The first-order valence-corrected chi connectivity index (χ1v) is 15.4. The second-order valence-electron chi connectivity index (χ2n) is 9.94. The molecule has 0 atom stereocenters.